The van der Waals surface area contributed by atoms with Crippen molar-refractivity contribution in [2.24, 2.45) is 4.40 Å². The van der Waals surface area contributed by atoms with Crippen LogP contribution in [0.25, 0.3) is 0 Å². The molecule has 1 aromatic carbocycles. The summed E-state index contributed by atoms with van der Waals surface area (Å²) in [5.74, 6) is -0.567. The number of rotatable bonds is 6. The number of thioether (sulfide) groups is 1. The van der Waals surface area contributed by atoms with Crippen molar-refractivity contribution < 1.29 is 18.0 Å². The molecule has 1 aliphatic heterocycles. The summed E-state index contributed by atoms with van der Waals surface area (Å²) in [6.07, 6.45) is 4.55. The van der Waals surface area contributed by atoms with Crippen molar-refractivity contribution in [1.29, 1.82) is 0 Å². The van der Waals surface area contributed by atoms with E-state index < -0.39 is 15.3 Å². The number of benzene rings is 1. The number of anilines is 1. The minimum atomic E-state index is -4.01. The van der Waals surface area contributed by atoms with Gasteiger partial charge in [-0.3, -0.25) is 14.5 Å². The molecule has 2 amide bonds. The van der Waals surface area contributed by atoms with Crippen molar-refractivity contribution in [2.45, 2.75) is 54.0 Å². The Balaban J connectivity index is 1.57. The van der Waals surface area contributed by atoms with Gasteiger partial charge in [0.2, 0.25) is 11.8 Å². The molecule has 1 aromatic heterocycles. The summed E-state index contributed by atoms with van der Waals surface area (Å²) in [6, 6.07) is 11.8. The Kier molecular flexibility index (Phi) is 7.24. The molecule has 1 aliphatic carbocycles. The standard InChI is InChI=1S/C21H22ClN3O4S3/c22-17-11-12-19(31-17)32(28,29)24-21-25(15-9-5-2-6-10-15)20(27)16(30-21)13-18(26)23-14-7-3-1-4-8-14/h1,3-4,7-8,11-12,15-16H,2,5-6,9-10,13H2,(H,23,26). The Morgan fingerprint density at radius 2 is 1.84 bits per heavy atom. The van der Waals surface area contributed by atoms with E-state index in [0.29, 0.717) is 10.0 Å². The number of nitrogens with zero attached hydrogens (tertiary/aromatic N) is 2. The second kappa shape index (κ2) is 9.94. The molecule has 4 rings (SSSR count). The molecule has 2 aliphatic rings. The van der Waals surface area contributed by atoms with Crippen LogP contribution < -0.4 is 5.32 Å². The smallest absolute Gasteiger partial charge is 0.294 e. The zero-order valence-electron chi connectivity index (χ0n) is 17.1. The first-order chi connectivity index (χ1) is 15.3. The van der Waals surface area contributed by atoms with Crippen LogP contribution in [0.5, 0.6) is 0 Å². The molecular formula is C21H22ClN3O4S3. The number of amides is 2. The van der Waals surface area contributed by atoms with E-state index in [1.165, 1.54) is 17.0 Å². The van der Waals surface area contributed by atoms with Gasteiger partial charge in [-0.2, -0.15) is 8.42 Å². The number of amidine groups is 1. The molecule has 0 bridgehead atoms. The molecule has 1 saturated carbocycles. The quantitative estimate of drug-likeness (QED) is 0.603. The predicted octanol–water partition coefficient (Wildman–Crippen LogP) is 4.75. The number of carbonyl (C=O) groups is 2. The number of carbonyl (C=O) groups excluding carboxylic acids is 2. The third-order valence-electron chi connectivity index (χ3n) is 5.34. The number of thiophene rings is 1. The van der Waals surface area contributed by atoms with E-state index in [0.717, 1.165) is 55.2 Å². The Bertz CT molecular complexity index is 1130. The summed E-state index contributed by atoms with van der Waals surface area (Å²) in [4.78, 5) is 27.3. The summed E-state index contributed by atoms with van der Waals surface area (Å²) in [6.45, 7) is 0. The SMILES string of the molecule is O=C(CC1SC(=NS(=O)(=O)c2ccc(Cl)s2)N(C2CCCCC2)C1=O)Nc1ccccc1. The van der Waals surface area contributed by atoms with Gasteiger partial charge in [-0.1, -0.05) is 60.8 Å². The lowest BCUT2D eigenvalue weighted by molar-refractivity contribution is -0.130. The van der Waals surface area contributed by atoms with E-state index in [4.69, 9.17) is 11.6 Å². The minimum Gasteiger partial charge on any atom is -0.326 e. The average Bonchev–Trinajstić information content (AvgIpc) is 3.33. The van der Waals surface area contributed by atoms with Crippen LogP contribution in [0.2, 0.25) is 4.34 Å². The molecule has 2 fully saturated rings. The lowest BCUT2D eigenvalue weighted by atomic mass is 9.94. The normalized spacial score (nSPS) is 21.3. The third kappa shape index (κ3) is 5.36. The highest BCUT2D eigenvalue weighted by molar-refractivity contribution is 8.16. The maximum absolute atomic E-state index is 13.3. The van der Waals surface area contributed by atoms with Gasteiger partial charge in [-0.25, -0.2) is 0 Å². The second-order valence-electron chi connectivity index (χ2n) is 7.63. The van der Waals surface area contributed by atoms with Crippen molar-refractivity contribution in [3.63, 3.8) is 0 Å². The fraction of sp³-hybridized carbons (Fsp3) is 0.381. The van der Waals surface area contributed by atoms with E-state index in [1.807, 2.05) is 18.2 Å². The van der Waals surface area contributed by atoms with Gasteiger partial charge in [0, 0.05) is 18.2 Å². The van der Waals surface area contributed by atoms with E-state index in [9.17, 15) is 18.0 Å². The number of para-hydroxylation sites is 1. The summed E-state index contributed by atoms with van der Waals surface area (Å²) < 4.78 is 30.1. The number of hydrogen-bond donors (Lipinski definition) is 1. The van der Waals surface area contributed by atoms with Crippen LogP contribution in [0.15, 0.2) is 51.1 Å². The van der Waals surface area contributed by atoms with Crippen LogP contribution in [0.3, 0.4) is 0 Å². The van der Waals surface area contributed by atoms with Gasteiger partial charge in [0.15, 0.2) is 5.17 Å². The van der Waals surface area contributed by atoms with Crippen molar-refractivity contribution >= 4 is 67.4 Å². The van der Waals surface area contributed by atoms with Crippen LogP contribution in [-0.2, 0) is 19.6 Å². The largest absolute Gasteiger partial charge is 0.326 e. The maximum Gasteiger partial charge on any atom is 0.294 e. The van der Waals surface area contributed by atoms with E-state index in [-0.39, 0.29) is 33.7 Å². The Labute approximate surface area is 200 Å². The monoisotopic (exact) mass is 511 g/mol. The van der Waals surface area contributed by atoms with Crippen LogP contribution in [0.1, 0.15) is 38.5 Å². The molecule has 32 heavy (non-hydrogen) atoms. The first-order valence-corrected chi connectivity index (χ1v) is 13.8. The van der Waals surface area contributed by atoms with Crippen LogP contribution in [-0.4, -0.2) is 41.6 Å². The molecule has 1 atom stereocenters. The van der Waals surface area contributed by atoms with Crippen molar-refractivity contribution in [2.75, 3.05) is 5.32 Å². The summed E-state index contributed by atoms with van der Waals surface area (Å²) in [5, 5.41) is 2.20. The summed E-state index contributed by atoms with van der Waals surface area (Å²) in [5.41, 5.74) is 0.642. The first-order valence-electron chi connectivity index (χ1n) is 10.3. The fourth-order valence-electron chi connectivity index (χ4n) is 3.84. The van der Waals surface area contributed by atoms with E-state index in [1.54, 1.807) is 12.1 Å². The van der Waals surface area contributed by atoms with Crippen molar-refractivity contribution in [3.8, 4) is 0 Å². The van der Waals surface area contributed by atoms with Gasteiger partial charge in [-0.15, -0.1) is 15.7 Å². The molecule has 2 heterocycles. The van der Waals surface area contributed by atoms with Gasteiger partial charge in [0.25, 0.3) is 10.0 Å². The lowest BCUT2D eigenvalue weighted by Crippen LogP contribution is -2.42. The second-order valence-corrected chi connectivity index (χ2v) is 12.3. The molecule has 0 radical (unpaired) electrons. The highest BCUT2D eigenvalue weighted by Gasteiger charge is 2.43. The maximum atomic E-state index is 13.3. The highest BCUT2D eigenvalue weighted by Crippen LogP contribution is 2.37. The fourth-order valence-corrected chi connectivity index (χ4v) is 7.70. The van der Waals surface area contributed by atoms with Gasteiger partial charge >= 0.3 is 0 Å². The van der Waals surface area contributed by atoms with E-state index in [2.05, 4.69) is 9.71 Å². The predicted molar refractivity (Wildman–Crippen MR) is 129 cm³/mol. The highest BCUT2D eigenvalue weighted by atomic mass is 35.5. The number of nitrogens with one attached hydrogen (secondary N) is 1. The van der Waals surface area contributed by atoms with Gasteiger partial charge in [0.05, 0.1) is 4.34 Å². The average molecular weight is 512 g/mol. The molecule has 1 saturated heterocycles. The molecule has 170 valence electrons. The van der Waals surface area contributed by atoms with Gasteiger partial charge in [-0.05, 0) is 37.1 Å². The Morgan fingerprint density at radius 3 is 2.50 bits per heavy atom. The number of halogens is 1. The molecule has 2 aromatic rings. The zero-order valence-corrected chi connectivity index (χ0v) is 20.3. The molecule has 11 heteroatoms. The van der Waals surface area contributed by atoms with Gasteiger partial charge in [0.1, 0.15) is 9.46 Å². The first kappa shape index (κ1) is 23.3. The van der Waals surface area contributed by atoms with Crippen molar-refractivity contribution in [3.05, 3.63) is 46.8 Å². The van der Waals surface area contributed by atoms with Crippen LogP contribution in [0, 0.1) is 0 Å². The van der Waals surface area contributed by atoms with Crippen LogP contribution >= 0.6 is 34.7 Å². The molecular weight excluding hydrogens is 490 g/mol. The molecule has 1 N–H and O–H groups in total. The summed E-state index contributed by atoms with van der Waals surface area (Å²) >= 11 is 7.86. The number of sulfonamides is 1. The zero-order chi connectivity index (χ0) is 22.7. The molecule has 0 spiro atoms. The molecule has 1 unspecified atom stereocenters. The Hall–Kier alpha value is -1.88. The molecule has 7 nitrogen and oxygen atoms in total. The van der Waals surface area contributed by atoms with E-state index >= 15 is 0 Å². The number of hydrogen-bond acceptors (Lipinski definition) is 6. The third-order valence-corrected chi connectivity index (χ3v) is 9.57. The van der Waals surface area contributed by atoms with Crippen molar-refractivity contribution in [1.82, 2.24) is 4.90 Å². The Morgan fingerprint density at radius 1 is 1.12 bits per heavy atom. The minimum absolute atomic E-state index is 0.0249. The van der Waals surface area contributed by atoms with Gasteiger partial charge < -0.3 is 5.32 Å². The summed E-state index contributed by atoms with van der Waals surface area (Å²) in [7, 11) is -4.01. The lowest BCUT2D eigenvalue weighted by Gasteiger charge is -2.30. The van der Waals surface area contributed by atoms with Crippen LogP contribution in [0.4, 0.5) is 5.69 Å². The topological polar surface area (TPSA) is 95.9 Å².